The Morgan fingerprint density at radius 2 is 1.31 bits per heavy atom. The number of carbonyl (C=O) groups is 7. The number of nitrogens with zero attached hydrogens (tertiary/aromatic N) is 9. The molecule has 5 amide bonds. The fraction of sp³-hybridized carbons (Fsp3) is 0.186. The van der Waals surface area contributed by atoms with Crippen molar-refractivity contribution in [1.82, 2.24) is 65.1 Å². The second kappa shape index (κ2) is 52.7. The zero-order valence-corrected chi connectivity index (χ0v) is 82.0. The molecule has 0 aliphatic rings. The Balaban J connectivity index is 0.000000176. The molecule has 0 aliphatic carbocycles. The third-order valence-electron chi connectivity index (χ3n) is 19.8. The number of methoxy groups -OCH3 is 4. The van der Waals surface area contributed by atoms with Crippen molar-refractivity contribution in [2.24, 2.45) is 0 Å². The summed E-state index contributed by atoms with van der Waals surface area (Å²) in [6.07, 6.45) is 6.04. The lowest BCUT2D eigenvalue weighted by molar-refractivity contribution is -0.138. The number of hydrogen-bond donors (Lipinski definition) is 13. The number of aromatic nitrogens is 11. The van der Waals surface area contributed by atoms with Gasteiger partial charge in [-0.15, -0.1) is 23.1 Å². The number of H-pyrrole nitrogens is 2. The first kappa shape index (κ1) is 107. The van der Waals surface area contributed by atoms with E-state index in [-0.39, 0.29) is 89.0 Å². The lowest BCUT2D eigenvalue weighted by atomic mass is 10.1. The summed E-state index contributed by atoms with van der Waals surface area (Å²) in [5.74, 6) is 0.178. The molecular formula is C97H96BrClN18O19S4. The molecule has 0 atom stereocenters. The minimum absolute atomic E-state index is 0.0526. The van der Waals surface area contributed by atoms with Crippen LogP contribution in [0.1, 0.15) is 89.6 Å². The quantitative estimate of drug-likeness (QED) is 0.0106. The number of carbonyl (C=O) groups excluding carboxylic acids is 5. The van der Waals surface area contributed by atoms with E-state index in [0.717, 1.165) is 42.6 Å². The van der Waals surface area contributed by atoms with Crippen molar-refractivity contribution < 1.29 is 80.8 Å². The number of halogens is 2. The summed E-state index contributed by atoms with van der Waals surface area (Å²) in [6.45, 7) is 8.00. The molecule has 0 unspecified atom stereocenters. The van der Waals surface area contributed by atoms with Gasteiger partial charge in [0.1, 0.15) is 51.5 Å². The van der Waals surface area contributed by atoms with Crippen molar-refractivity contribution in [3.05, 3.63) is 333 Å². The summed E-state index contributed by atoms with van der Waals surface area (Å²) in [7, 11) is 1.96. The number of hydrogen-bond acceptors (Lipinski definition) is 28. The first-order chi connectivity index (χ1) is 67.1. The highest BCUT2D eigenvalue weighted by molar-refractivity contribution is 9.10. The first-order valence-electron chi connectivity index (χ1n) is 42.2. The Kier molecular flexibility index (Phi) is 40.1. The Morgan fingerprint density at radius 1 is 0.614 bits per heavy atom. The monoisotopic (exact) mass is 2060 g/mol. The van der Waals surface area contributed by atoms with E-state index < -0.39 is 33.7 Å². The molecule has 0 aliphatic heterocycles. The number of amides is 5. The van der Waals surface area contributed by atoms with Gasteiger partial charge in [-0.05, 0) is 200 Å². The van der Waals surface area contributed by atoms with Crippen LogP contribution in [0.5, 0.6) is 28.7 Å². The molecule has 43 heteroatoms. The topological polar surface area (TPSA) is 533 Å². The van der Waals surface area contributed by atoms with Crippen molar-refractivity contribution in [3.63, 3.8) is 0 Å². The van der Waals surface area contributed by atoms with Gasteiger partial charge in [-0.1, -0.05) is 112 Å². The number of anilines is 4. The number of fused-ring (bicyclic) bond motifs is 2. The summed E-state index contributed by atoms with van der Waals surface area (Å²) >= 11 is 13.7. The maximum Gasteiger partial charge on any atom is 0.363 e. The number of aromatic hydroxyl groups is 1. The van der Waals surface area contributed by atoms with Gasteiger partial charge in [0, 0.05) is 81.6 Å². The fourth-order valence-electron chi connectivity index (χ4n) is 12.8. The maximum absolute atomic E-state index is 12.6. The van der Waals surface area contributed by atoms with Crippen LogP contribution in [0.2, 0.25) is 5.02 Å². The van der Waals surface area contributed by atoms with E-state index in [4.69, 9.17) is 50.7 Å². The van der Waals surface area contributed by atoms with Crippen LogP contribution in [0.4, 0.5) is 22.9 Å². The summed E-state index contributed by atoms with van der Waals surface area (Å²) < 4.78 is 56.4. The number of pyridine rings is 2. The number of carboxylic acid groups (broad SMARTS) is 2. The van der Waals surface area contributed by atoms with Crippen molar-refractivity contribution in [2.45, 2.75) is 93.8 Å². The molecule has 15 rings (SSSR count). The first-order valence-corrected chi connectivity index (χ1v) is 47.7. The number of thioether (sulfide) groups is 2. The molecule has 0 fully saturated rings. The van der Waals surface area contributed by atoms with Crippen molar-refractivity contribution in [3.8, 4) is 34.4 Å². The molecule has 0 saturated carbocycles. The van der Waals surface area contributed by atoms with E-state index in [0.29, 0.717) is 125 Å². The van der Waals surface area contributed by atoms with Crippen LogP contribution in [0, 0.1) is 33.1 Å². The smallest absolute Gasteiger partial charge is 0.363 e. The Morgan fingerprint density at radius 3 is 2.02 bits per heavy atom. The summed E-state index contributed by atoms with van der Waals surface area (Å²) in [5.41, 5.74) is 9.66. The van der Waals surface area contributed by atoms with Crippen LogP contribution >= 0.6 is 62.4 Å². The van der Waals surface area contributed by atoms with Gasteiger partial charge >= 0.3 is 17.6 Å². The van der Waals surface area contributed by atoms with Crippen LogP contribution in [0.15, 0.2) is 266 Å². The number of carboxylic acids is 2. The third kappa shape index (κ3) is 32.6. The van der Waals surface area contributed by atoms with Gasteiger partial charge in [0.15, 0.2) is 16.6 Å². The number of aromatic amines is 2. The summed E-state index contributed by atoms with van der Waals surface area (Å²) in [4.78, 5) is 127. The lowest BCUT2D eigenvalue weighted by Gasteiger charge is -2.14. The molecule has 37 nitrogen and oxygen atoms in total. The van der Waals surface area contributed by atoms with E-state index in [2.05, 4.69) is 105 Å². The van der Waals surface area contributed by atoms with E-state index in [1.54, 1.807) is 160 Å². The van der Waals surface area contributed by atoms with Crippen LogP contribution in [-0.2, 0) is 65.9 Å². The highest BCUT2D eigenvalue weighted by atomic mass is 79.9. The number of thiophene rings is 1. The van der Waals surface area contributed by atoms with E-state index >= 15 is 0 Å². The zero-order valence-electron chi connectivity index (χ0n) is 76.4. The predicted octanol–water partition coefficient (Wildman–Crippen LogP) is 15.1. The molecule has 15 aromatic rings. The second-order valence-corrected chi connectivity index (χ2v) is 35.6. The number of rotatable bonds is 32. The van der Waals surface area contributed by atoms with E-state index in [9.17, 15) is 56.7 Å². The highest BCUT2D eigenvalue weighted by Crippen LogP contribution is 2.32. The largest absolute Gasteiger partial charge is 0.506 e. The Labute approximate surface area is 827 Å². The maximum atomic E-state index is 12.6. The zero-order chi connectivity index (χ0) is 101. The number of aliphatic carboxylic acids is 1. The molecular weight excluding hydrogens is 1960 g/mol. The third-order valence-corrected chi connectivity index (χ3v) is 24.4. The van der Waals surface area contributed by atoms with Gasteiger partial charge in [0.05, 0.1) is 103 Å². The van der Waals surface area contributed by atoms with Crippen LogP contribution in [-0.4, -0.2) is 165 Å². The number of aryl methyl sites for hydroxylation is 4. The van der Waals surface area contributed by atoms with Gasteiger partial charge in [-0.25, -0.2) is 29.6 Å². The SMILES string of the molecule is COc1ccc(-n2c(SCC(=O)Nc3ccccc3OC)nc3n[nH]c(C)c3c2=N)cc1.COc1ccc(OC)c(NC(=O)CCNC(=O)Cn2cnc3ccccc3c2=O)c1.Cc1ccc(C(=O)O)cc1NC(=O)CCC(=O)O.Cc1ccc(Cc2cncc(O)c2)cc1S(=O)(=O)O.Cc1n[nH]c(=O)nc1NCc1ccc(Cl)cc1.O=C(NCc1cccs1)c1cccnc1SCc1cccc(Br)c1. The van der Waals surface area contributed by atoms with Gasteiger partial charge in [0.2, 0.25) is 23.6 Å². The molecule has 13 N–H and O–H groups in total. The van der Waals surface area contributed by atoms with E-state index in [1.165, 1.54) is 66.8 Å². The molecule has 0 spiro atoms. The average molecular weight is 2060 g/mol. The van der Waals surface area contributed by atoms with Gasteiger partial charge in [-0.3, -0.25) is 62.7 Å². The van der Waals surface area contributed by atoms with Gasteiger partial charge in [-0.2, -0.15) is 23.6 Å². The molecule has 8 aromatic carbocycles. The number of aromatic carboxylic acids is 1. The molecule has 0 radical (unpaired) electrons. The standard InChI is InChI=1S/C22H22N6O3S.C21H22N4O5.C18H15BrN2OS2.C13H13NO4S.C12H13NO5.C11H11ClN4O/c1-13-19-20(23)28(14-8-10-15(30-2)11-9-14)22(25-21(19)27-26-13)32-12-18(29)24-16-6-4-5-7-17(16)31-3;1-29-14-7-8-18(30-2)17(11-14)24-19(26)9-10-22-20(27)12-25-13-23-16-6-4-3-5-15(16)21(25)28;19-14-5-1-4-13(10-14)12-24-18-16(7-2-8-20-18)17(22)21-11-15-6-3-9-23-15;1-9-2-3-10(6-13(9)19(16,17)18)4-11-5-12(15)8-14-7-11;1-7-2-3-8(12(17)18)6-9(7)13-10(14)4-5-11(15)16;1-7-10(14-11(17)16-15-7)13-6-8-2-4-9(12)5-3-8/h4-11,23H,12H2,1-3H3,(H,24,29)(H,26,27);3-8,11,13H,9-10,12H2,1-2H3,(H,22,27)(H,24,26);1-10H,11-12H2,(H,21,22);2-3,5-8,15H,4H2,1H3,(H,16,17,18);2-3,6H,4-5H2,1H3,(H,13,14)(H,15,16)(H,17,18);2-5H,6H2,1H3,(H2,13,14,16,17). The minimum atomic E-state index is -4.22. The molecule has 140 heavy (non-hydrogen) atoms. The van der Waals surface area contributed by atoms with Crippen molar-refractivity contribution in [2.75, 3.05) is 62.0 Å². The molecule has 7 heterocycles. The predicted molar refractivity (Wildman–Crippen MR) is 537 cm³/mol. The van der Waals surface area contributed by atoms with Crippen molar-refractivity contribution >= 4 is 159 Å². The fourth-order valence-corrected chi connectivity index (χ4v) is 16.5. The summed E-state index contributed by atoms with van der Waals surface area (Å²) in [6, 6.07) is 60.5. The Hall–Kier alpha value is -15.5. The van der Waals surface area contributed by atoms with Crippen LogP contribution < -0.4 is 67.6 Å². The molecule has 726 valence electrons. The Bertz CT molecular complexity index is 7200. The van der Waals surface area contributed by atoms with Crippen LogP contribution in [0.3, 0.4) is 0 Å². The second-order valence-electron chi connectivity index (χ2n) is 29.9. The number of nitrogens with one attached hydrogen (secondary N) is 9. The molecule has 0 saturated heterocycles. The lowest BCUT2D eigenvalue weighted by Crippen LogP contribution is -2.34. The number of ether oxygens (including phenoxy) is 4. The average Bonchev–Trinajstić information content (AvgIpc) is 1.58. The van der Waals surface area contributed by atoms with Gasteiger partial charge < -0.3 is 66.2 Å². The van der Waals surface area contributed by atoms with Gasteiger partial charge in [0.25, 0.3) is 21.6 Å². The number of benzene rings is 8. The number of para-hydroxylation sites is 3. The summed E-state index contributed by atoms with van der Waals surface area (Å²) in [5, 5.41) is 70.3. The highest BCUT2D eigenvalue weighted by Gasteiger charge is 2.22. The van der Waals surface area contributed by atoms with Crippen LogP contribution in [0.25, 0.3) is 27.6 Å². The van der Waals surface area contributed by atoms with Crippen molar-refractivity contribution in [1.29, 1.82) is 5.41 Å². The molecule has 0 bridgehead atoms. The minimum Gasteiger partial charge on any atom is -0.506 e. The van der Waals surface area contributed by atoms with E-state index in [1.807, 2.05) is 103 Å². The normalized spacial score (nSPS) is 10.6. The molecule has 7 aromatic heterocycles.